The number of hydrogen-bond donors (Lipinski definition) is 5. The largest absolute Gasteiger partial charge is 0.480 e. The Hall–Kier alpha value is -5.43. The Morgan fingerprint density at radius 3 is 1.37 bits per heavy atom. The van der Waals surface area contributed by atoms with Gasteiger partial charge in [-0.15, -0.1) is 0 Å². The molecule has 1 aliphatic rings. The predicted molar refractivity (Wildman–Crippen MR) is 172 cm³/mol. The van der Waals surface area contributed by atoms with Gasteiger partial charge in [0.2, 0.25) is 0 Å². The molecular formula is C31H34N8O10. The van der Waals surface area contributed by atoms with Crippen molar-refractivity contribution in [3.8, 4) is 0 Å². The van der Waals surface area contributed by atoms with Crippen molar-refractivity contribution in [1.82, 2.24) is 39.5 Å². The second-order valence-electron chi connectivity index (χ2n) is 11.6. The quantitative estimate of drug-likeness (QED) is 0.139. The van der Waals surface area contributed by atoms with Gasteiger partial charge < -0.3 is 25.5 Å². The second-order valence-corrected chi connectivity index (χ2v) is 11.6. The maximum atomic E-state index is 11.9. The Morgan fingerprint density at radius 2 is 0.939 bits per heavy atom. The average molecular weight is 679 g/mol. The lowest BCUT2D eigenvalue weighted by molar-refractivity contribution is -0.140. The predicted octanol–water partition coefficient (Wildman–Crippen LogP) is 0.0980. The minimum Gasteiger partial charge on any atom is -0.480 e. The summed E-state index contributed by atoms with van der Waals surface area (Å²) in [5, 5.41) is 48.6. The van der Waals surface area contributed by atoms with E-state index < -0.39 is 41.2 Å². The van der Waals surface area contributed by atoms with Gasteiger partial charge in [0.25, 0.3) is 0 Å². The van der Waals surface area contributed by atoms with Crippen LogP contribution in [-0.2, 0) is 20.9 Å². The summed E-state index contributed by atoms with van der Waals surface area (Å²) in [6, 6.07) is 6.71. The monoisotopic (exact) mass is 678 g/mol. The fraction of sp³-hybridized carbons (Fsp3) is 0.387. The maximum Gasteiger partial charge on any atom is 0.357 e. The fourth-order valence-electron chi connectivity index (χ4n) is 5.87. The van der Waals surface area contributed by atoms with Gasteiger partial charge in [-0.05, 0) is 24.3 Å². The molecule has 258 valence electrons. The molecule has 5 N–H and O–H groups in total. The Kier molecular flexibility index (Phi) is 10.8. The zero-order valence-electron chi connectivity index (χ0n) is 26.2. The molecule has 0 radical (unpaired) electrons. The van der Waals surface area contributed by atoms with Gasteiger partial charge in [-0.2, -0.15) is 0 Å². The van der Waals surface area contributed by atoms with Gasteiger partial charge in [0.15, 0.2) is 11.4 Å². The molecule has 0 aliphatic carbocycles. The first-order valence-corrected chi connectivity index (χ1v) is 15.3. The number of aromatic nitrogens is 4. The van der Waals surface area contributed by atoms with Crippen LogP contribution in [-0.4, -0.2) is 167 Å². The number of carboxylic acids is 5. The van der Waals surface area contributed by atoms with E-state index in [0.717, 1.165) is 0 Å². The number of carbonyl (C=O) groups is 5. The number of aromatic carboxylic acids is 2. The highest BCUT2D eigenvalue weighted by molar-refractivity contribution is 6.21. The molecule has 1 saturated heterocycles. The highest BCUT2D eigenvalue weighted by atomic mass is 16.4. The highest BCUT2D eigenvalue weighted by Crippen LogP contribution is 2.32. The molecule has 3 aromatic heterocycles. The molecule has 5 rings (SSSR count). The number of nitrogens with zero attached hydrogens (tertiary/aromatic N) is 8. The van der Waals surface area contributed by atoms with Crippen molar-refractivity contribution in [1.29, 1.82) is 0 Å². The molecule has 4 aromatic rings. The van der Waals surface area contributed by atoms with Crippen molar-refractivity contribution in [3.05, 3.63) is 47.5 Å². The molecule has 0 unspecified atom stereocenters. The standard InChI is InChI=1S/C31H34N8O10/c40-21(41)15-37-8-6-36(7-9-38(16-22(42)43)11-13-39(12-10-37)17-23(44)45)14-18-3-4-20-25(33-18)24-19(2-1-5-32-24)26-27(20)35-29(31(48)49)28(34-26)30(46)47/h1-5H,6-17H2,(H,40,41)(H,42,43)(H,44,45)(H,46,47)(H,48,49). The molecular weight excluding hydrogens is 644 g/mol. The van der Waals surface area contributed by atoms with Gasteiger partial charge in [0, 0.05) is 75.9 Å². The Morgan fingerprint density at radius 1 is 0.531 bits per heavy atom. The normalized spacial score (nSPS) is 16.3. The number of carboxylic acid groups (broad SMARTS) is 5. The number of fused-ring (bicyclic) bond motifs is 6. The number of pyridine rings is 2. The minimum atomic E-state index is -1.55. The number of aliphatic carboxylic acids is 3. The van der Waals surface area contributed by atoms with Crippen LogP contribution in [0.1, 0.15) is 26.7 Å². The van der Waals surface area contributed by atoms with Crippen LogP contribution in [0.15, 0.2) is 30.5 Å². The van der Waals surface area contributed by atoms with Crippen molar-refractivity contribution >= 4 is 62.7 Å². The topological polar surface area (TPSA) is 251 Å². The van der Waals surface area contributed by atoms with Crippen LogP contribution in [0.25, 0.3) is 32.8 Å². The van der Waals surface area contributed by atoms with E-state index in [4.69, 9.17) is 4.98 Å². The molecule has 18 heteroatoms. The van der Waals surface area contributed by atoms with Crippen molar-refractivity contribution in [2.45, 2.75) is 6.54 Å². The molecule has 18 nitrogen and oxygen atoms in total. The lowest BCUT2D eigenvalue weighted by atomic mass is 10.1. The second kappa shape index (κ2) is 15.2. The van der Waals surface area contributed by atoms with Crippen molar-refractivity contribution in [2.24, 2.45) is 0 Å². The average Bonchev–Trinajstić information content (AvgIpc) is 3.04. The molecule has 0 spiro atoms. The van der Waals surface area contributed by atoms with E-state index in [2.05, 4.69) is 15.0 Å². The number of hydrogen-bond acceptors (Lipinski definition) is 13. The molecule has 0 saturated carbocycles. The number of benzene rings is 1. The van der Waals surface area contributed by atoms with Crippen LogP contribution < -0.4 is 0 Å². The smallest absolute Gasteiger partial charge is 0.357 e. The maximum absolute atomic E-state index is 11.9. The SMILES string of the molecule is O=C(O)CN1CCN(CC(=O)O)CCN(Cc2ccc3c(n2)c2ncccc2c2nc(C(=O)O)c(C(=O)O)nc32)CCN(CC(=O)O)CC1. The van der Waals surface area contributed by atoms with Crippen molar-refractivity contribution < 1.29 is 49.5 Å². The molecule has 49 heavy (non-hydrogen) atoms. The van der Waals surface area contributed by atoms with Crippen LogP contribution in [0.3, 0.4) is 0 Å². The summed E-state index contributed by atoms with van der Waals surface area (Å²) in [6.45, 7) is 2.07. The molecule has 0 amide bonds. The summed E-state index contributed by atoms with van der Waals surface area (Å²) in [7, 11) is 0. The number of rotatable bonds is 10. The third kappa shape index (κ3) is 8.54. The third-order valence-corrected chi connectivity index (χ3v) is 8.19. The van der Waals surface area contributed by atoms with Gasteiger partial charge in [-0.1, -0.05) is 0 Å². The third-order valence-electron chi connectivity index (χ3n) is 8.19. The summed E-state index contributed by atoms with van der Waals surface area (Å²) >= 11 is 0. The van der Waals surface area contributed by atoms with Gasteiger partial charge in [0.1, 0.15) is 0 Å². The highest BCUT2D eigenvalue weighted by Gasteiger charge is 2.25. The van der Waals surface area contributed by atoms with E-state index >= 15 is 0 Å². The van der Waals surface area contributed by atoms with E-state index in [1.54, 1.807) is 45.2 Å². The first kappa shape index (κ1) is 34.9. The first-order valence-electron chi connectivity index (χ1n) is 15.3. The Bertz CT molecular complexity index is 1910. The van der Waals surface area contributed by atoms with Crippen LogP contribution in [0.5, 0.6) is 0 Å². The minimum absolute atomic E-state index is 0.147. The van der Waals surface area contributed by atoms with Crippen LogP contribution in [0, 0.1) is 0 Å². The van der Waals surface area contributed by atoms with Crippen LogP contribution >= 0.6 is 0 Å². The van der Waals surface area contributed by atoms with Crippen LogP contribution in [0.4, 0.5) is 0 Å². The zero-order valence-corrected chi connectivity index (χ0v) is 26.2. The fourth-order valence-corrected chi connectivity index (χ4v) is 5.87. The van der Waals surface area contributed by atoms with E-state index in [1.165, 1.54) is 0 Å². The molecule has 0 atom stereocenters. The molecule has 4 heterocycles. The summed E-state index contributed by atoms with van der Waals surface area (Å²) < 4.78 is 0. The molecule has 1 aromatic carbocycles. The molecule has 1 fully saturated rings. The first-order chi connectivity index (χ1) is 23.4. The van der Waals surface area contributed by atoms with Crippen molar-refractivity contribution in [2.75, 3.05) is 72.0 Å². The van der Waals surface area contributed by atoms with Crippen molar-refractivity contribution in [3.63, 3.8) is 0 Å². The van der Waals surface area contributed by atoms with Gasteiger partial charge in [-0.25, -0.2) is 24.5 Å². The Labute approximate surface area is 277 Å². The molecule has 1 aliphatic heterocycles. The summed E-state index contributed by atoms with van der Waals surface area (Å²) in [5.41, 5.74) is 0.274. The van der Waals surface area contributed by atoms with Gasteiger partial charge >= 0.3 is 29.8 Å². The van der Waals surface area contributed by atoms with Gasteiger partial charge in [0.05, 0.1) is 47.4 Å². The summed E-state index contributed by atoms with van der Waals surface area (Å²) in [4.78, 5) is 83.3. The zero-order chi connectivity index (χ0) is 35.2. The lowest BCUT2D eigenvalue weighted by Crippen LogP contribution is -2.48. The lowest BCUT2D eigenvalue weighted by Gasteiger charge is -2.33. The molecule has 0 bridgehead atoms. The Balaban J connectivity index is 1.51. The van der Waals surface area contributed by atoms with E-state index in [1.807, 2.05) is 4.90 Å². The van der Waals surface area contributed by atoms with E-state index in [0.29, 0.717) is 53.7 Å². The van der Waals surface area contributed by atoms with Gasteiger partial charge in [-0.3, -0.25) is 39.0 Å². The van der Waals surface area contributed by atoms with E-state index in [-0.39, 0.29) is 63.4 Å². The summed E-state index contributed by atoms with van der Waals surface area (Å²) in [5.74, 6) is -6.17. The van der Waals surface area contributed by atoms with Crippen LogP contribution in [0.2, 0.25) is 0 Å². The summed E-state index contributed by atoms with van der Waals surface area (Å²) in [6.07, 6.45) is 1.54. The van der Waals surface area contributed by atoms with E-state index in [9.17, 15) is 49.5 Å².